The number of pyridine rings is 1. The van der Waals surface area contributed by atoms with Gasteiger partial charge >= 0.3 is 0 Å². The molecule has 1 aromatic heterocycles. The van der Waals surface area contributed by atoms with E-state index in [9.17, 15) is 4.79 Å². The molecule has 0 aliphatic rings. The van der Waals surface area contributed by atoms with Crippen molar-refractivity contribution < 1.29 is 4.79 Å². The number of nitrogens with zero attached hydrogens (tertiary/aromatic N) is 1. The van der Waals surface area contributed by atoms with Crippen molar-refractivity contribution in [3.8, 4) is 0 Å². The van der Waals surface area contributed by atoms with Crippen LogP contribution in [-0.4, -0.2) is 10.8 Å². The zero-order valence-corrected chi connectivity index (χ0v) is 6.79. The van der Waals surface area contributed by atoms with Gasteiger partial charge in [-0.25, -0.2) is 0 Å². The number of hydrogen-bond donors (Lipinski definition) is 0. The molecule has 0 radical (unpaired) electrons. The quantitative estimate of drug-likeness (QED) is 0.638. The molecule has 0 unspecified atom stereocenters. The smallest absolute Gasteiger partial charge is 0.135 e. The number of carbonyl (C=O) groups is 1. The van der Waals surface area contributed by atoms with Gasteiger partial charge in [0.15, 0.2) is 0 Å². The fourth-order valence-electron chi connectivity index (χ4n) is 0.953. The highest BCUT2D eigenvalue weighted by Crippen LogP contribution is 1.98. The summed E-state index contributed by atoms with van der Waals surface area (Å²) < 4.78 is 0. The van der Waals surface area contributed by atoms with Crippen LogP contribution >= 0.6 is 0 Å². The minimum atomic E-state index is 0.156. The maximum Gasteiger partial charge on any atom is 0.135 e. The van der Waals surface area contributed by atoms with Crippen molar-refractivity contribution in [1.29, 1.82) is 0 Å². The van der Waals surface area contributed by atoms with Gasteiger partial charge in [0.05, 0.1) is 0 Å². The predicted octanol–water partition coefficient (Wildman–Crippen LogP) is 1.52. The summed E-state index contributed by atoms with van der Waals surface area (Å²) >= 11 is 0. The maximum atomic E-state index is 10.7. The second kappa shape index (κ2) is 3.28. The van der Waals surface area contributed by atoms with Crippen LogP contribution in [0.2, 0.25) is 0 Å². The lowest BCUT2D eigenvalue weighted by Gasteiger charge is -1.96. The molecule has 0 N–H and O–H groups in total. The van der Waals surface area contributed by atoms with Gasteiger partial charge in [-0.1, -0.05) is 6.07 Å². The molecule has 1 rings (SSSR count). The van der Waals surface area contributed by atoms with E-state index in [-0.39, 0.29) is 5.78 Å². The number of aryl methyl sites for hydroxylation is 1. The molecule has 1 aromatic rings. The van der Waals surface area contributed by atoms with Gasteiger partial charge in [-0.15, -0.1) is 0 Å². The maximum absolute atomic E-state index is 10.7. The van der Waals surface area contributed by atoms with Gasteiger partial charge in [0.1, 0.15) is 5.78 Å². The van der Waals surface area contributed by atoms with Crippen molar-refractivity contribution in [1.82, 2.24) is 4.98 Å². The van der Waals surface area contributed by atoms with Gasteiger partial charge in [-0.3, -0.25) is 9.78 Å². The van der Waals surface area contributed by atoms with E-state index >= 15 is 0 Å². The first-order valence-electron chi connectivity index (χ1n) is 3.60. The molecule has 0 fully saturated rings. The number of hydrogen-bond acceptors (Lipinski definition) is 2. The molecule has 0 aromatic carbocycles. The zero-order valence-electron chi connectivity index (χ0n) is 6.79. The summed E-state index contributed by atoms with van der Waals surface area (Å²) in [6.07, 6.45) is 0.446. The fourth-order valence-corrected chi connectivity index (χ4v) is 0.953. The van der Waals surface area contributed by atoms with Crippen LogP contribution in [0.25, 0.3) is 0 Å². The lowest BCUT2D eigenvalue weighted by atomic mass is 10.2. The van der Waals surface area contributed by atoms with Gasteiger partial charge in [0, 0.05) is 17.8 Å². The Kier molecular flexibility index (Phi) is 2.36. The minimum absolute atomic E-state index is 0.156. The molecule has 0 aliphatic carbocycles. The lowest BCUT2D eigenvalue weighted by Crippen LogP contribution is -1.99. The van der Waals surface area contributed by atoms with Crippen LogP contribution in [0, 0.1) is 6.92 Å². The molecule has 0 atom stereocenters. The number of Topliss-reactive ketones (excluding diaryl/α,β-unsaturated/α-hetero) is 1. The Hall–Kier alpha value is -1.18. The zero-order chi connectivity index (χ0) is 8.27. The Labute approximate surface area is 66.3 Å². The van der Waals surface area contributed by atoms with Crippen LogP contribution in [0.5, 0.6) is 0 Å². The van der Waals surface area contributed by atoms with E-state index in [1.54, 1.807) is 6.92 Å². The third-order valence-corrected chi connectivity index (χ3v) is 1.38. The highest BCUT2D eigenvalue weighted by atomic mass is 16.1. The number of carbonyl (C=O) groups excluding carboxylic acids is 1. The second-order valence-electron chi connectivity index (χ2n) is 2.65. The van der Waals surface area contributed by atoms with E-state index in [2.05, 4.69) is 4.98 Å². The molecule has 0 aliphatic heterocycles. The molecule has 11 heavy (non-hydrogen) atoms. The monoisotopic (exact) mass is 149 g/mol. The number of aromatic nitrogens is 1. The average Bonchev–Trinajstić information content (AvgIpc) is 1.85. The largest absolute Gasteiger partial charge is 0.300 e. The standard InChI is InChI=1S/C9H11NO/c1-7-4-3-5-9(10-7)6-8(2)11/h3-5H,6H2,1-2H3. The highest BCUT2D eigenvalue weighted by Gasteiger charge is 1.97. The van der Waals surface area contributed by atoms with Crippen molar-refractivity contribution in [2.24, 2.45) is 0 Å². The van der Waals surface area contributed by atoms with Crippen molar-refractivity contribution >= 4 is 5.78 Å². The fraction of sp³-hybridized carbons (Fsp3) is 0.333. The molecule has 0 bridgehead atoms. The van der Waals surface area contributed by atoms with Crippen molar-refractivity contribution in [3.63, 3.8) is 0 Å². The predicted molar refractivity (Wildman–Crippen MR) is 43.4 cm³/mol. The molecule has 0 saturated heterocycles. The van der Waals surface area contributed by atoms with E-state index in [1.807, 2.05) is 25.1 Å². The first-order chi connectivity index (χ1) is 5.18. The Balaban J connectivity index is 2.79. The van der Waals surface area contributed by atoms with Crippen molar-refractivity contribution in [3.05, 3.63) is 29.6 Å². The van der Waals surface area contributed by atoms with Gasteiger partial charge in [0.2, 0.25) is 0 Å². The van der Waals surface area contributed by atoms with E-state index in [0.717, 1.165) is 11.4 Å². The van der Waals surface area contributed by atoms with Crippen molar-refractivity contribution in [2.75, 3.05) is 0 Å². The van der Waals surface area contributed by atoms with Gasteiger partial charge < -0.3 is 0 Å². The molecule has 0 saturated carbocycles. The highest BCUT2D eigenvalue weighted by molar-refractivity contribution is 5.77. The van der Waals surface area contributed by atoms with E-state index in [1.165, 1.54) is 0 Å². The minimum Gasteiger partial charge on any atom is -0.300 e. The Morgan fingerprint density at radius 3 is 2.82 bits per heavy atom. The summed E-state index contributed by atoms with van der Waals surface area (Å²) in [5.74, 6) is 0.156. The third kappa shape index (κ3) is 2.50. The Morgan fingerprint density at radius 1 is 1.55 bits per heavy atom. The number of ketones is 1. The molecule has 2 nitrogen and oxygen atoms in total. The summed E-state index contributed by atoms with van der Waals surface area (Å²) in [5.41, 5.74) is 1.82. The van der Waals surface area contributed by atoms with E-state index < -0.39 is 0 Å². The molecular weight excluding hydrogens is 138 g/mol. The Morgan fingerprint density at radius 2 is 2.27 bits per heavy atom. The topological polar surface area (TPSA) is 30.0 Å². The van der Waals surface area contributed by atoms with Crippen LogP contribution in [0.1, 0.15) is 18.3 Å². The molecule has 58 valence electrons. The first-order valence-corrected chi connectivity index (χ1v) is 3.60. The van der Waals surface area contributed by atoms with Gasteiger partial charge in [0.25, 0.3) is 0 Å². The second-order valence-corrected chi connectivity index (χ2v) is 2.65. The molecule has 0 amide bonds. The summed E-state index contributed by atoms with van der Waals surface area (Å²) in [4.78, 5) is 14.9. The summed E-state index contributed by atoms with van der Waals surface area (Å²) in [7, 11) is 0. The van der Waals surface area contributed by atoms with E-state index in [4.69, 9.17) is 0 Å². The van der Waals surface area contributed by atoms with Crippen LogP contribution in [0.15, 0.2) is 18.2 Å². The van der Waals surface area contributed by atoms with Crippen LogP contribution < -0.4 is 0 Å². The first kappa shape index (κ1) is 7.92. The SMILES string of the molecule is CC(=O)Cc1cccc(C)n1. The summed E-state index contributed by atoms with van der Waals surface area (Å²) in [6.45, 7) is 3.49. The third-order valence-electron chi connectivity index (χ3n) is 1.38. The van der Waals surface area contributed by atoms with Crippen LogP contribution in [0.3, 0.4) is 0 Å². The molecule has 2 heteroatoms. The normalized spacial score (nSPS) is 9.64. The van der Waals surface area contributed by atoms with Gasteiger partial charge in [-0.2, -0.15) is 0 Å². The molecule has 0 spiro atoms. The summed E-state index contributed by atoms with van der Waals surface area (Å²) in [5, 5.41) is 0. The van der Waals surface area contributed by atoms with Crippen molar-refractivity contribution in [2.45, 2.75) is 20.3 Å². The van der Waals surface area contributed by atoms with Crippen LogP contribution in [0.4, 0.5) is 0 Å². The lowest BCUT2D eigenvalue weighted by molar-refractivity contribution is -0.116. The molecule has 1 heterocycles. The average molecular weight is 149 g/mol. The summed E-state index contributed by atoms with van der Waals surface area (Å²) in [6, 6.07) is 5.71. The van der Waals surface area contributed by atoms with Crippen LogP contribution in [-0.2, 0) is 11.2 Å². The van der Waals surface area contributed by atoms with Gasteiger partial charge in [-0.05, 0) is 26.0 Å². The molecular formula is C9H11NO. The Bertz CT molecular complexity index is 268. The number of rotatable bonds is 2. The van der Waals surface area contributed by atoms with E-state index in [0.29, 0.717) is 6.42 Å².